The third-order valence-corrected chi connectivity index (χ3v) is 3.18. The van der Waals surface area contributed by atoms with Gasteiger partial charge in [0.15, 0.2) is 0 Å². The van der Waals surface area contributed by atoms with Crippen LogP contribution in [0.25, 0.3) is 0 Å². The molecule has 2 aromatic rings. The Morgan fingerprint density at radius 3 is 2.74 bits per heavy atom. The third kappa shape index (κ3) is 3.24. The van der Waals surface area contributed by atoms with Gasteiger partial charge in [-0.25, -0.2) is 0 Å². The van der Waals surface area contributed by atoms with Gasteiger partial charge < -0.3 is 4.90 Å². The highest BCUT2D eigenvalue weighted by Gasteiger charge is 2.10. The van der Waals surface area contributed by atoms with Crippen molar-refractivity contribution in [3.8, 4) is 6.07 Å². The molecule has 19 heavy (non-hydrogen) atoms. The second-order valence-electron chi connectivity index (χ2n) is 4.11. The summed E-state index contributed by atoms with van der Waals surface area (Å²) in [6.07, 6.45) is 1.78. The van der Waals surface area contributed by atoms with Gasteiger partial charge in [0.1, 0.15) is 0 Å². The Morgan fingerprint density at radius 1 is 1.32 bits per heavy atom. The van der Waals surface area contributed by atoms with E-state index in [4.69, 9.17) is 16.9 Å². The van der Waals surface area contributed by atoms with E-state index in [0.29, 0.717) is 17.1 Å². The first-order valence-electron chi connectivity index (χ1n) is 6.09. The third-order valence-electron chi connectivity index (χ3n) is 2.88. The summed E-state index contributed by atoms with van der Waals surface area (Å²) >= 11 is 6.23. The van der Waals surface area contributed by atoms with Crippen LogP contribution in [0.1, 0.15) is 18.2 Å². The Kier molecular flexibility index (Phi) is 4.38. The van der Waals surface area contributed by atoms with Crippen molar-refractivity contribution in [2.24, 2.45) is 0 Å². The fraction of sp³-hybridized carbons (Fsp3) is 0.200. The molecule has 0 fully saturated rings. The molecule has 96 valence electrons. The molecular formula is C15H14ClN3. The van der Waals surface area contributed by atoms with Gasteiger partial charge in [-0.1, -0.05) is 17.7 Å². The molecule has 0 saturated carbocycles. The minimum absolute atomic E-state index is 0.572. The lowest BCUT2D eigenvalue weighted by molar-refractivity contribution is 0.810. The number of anilines is 1. The monoisotopic (exact) mass is 271 g/mol. The van der Waals surface area contributed by atoms with E-state index in [1.165, 1.54) is 0 Å². The highest BCUT2D eigenvalue weighted by Crippen LogP contribution is 2.27. The summed E-state index contributed by atoms with van der Waals surface area (Å²) in [5.74, 6) is 0. The van der Waals surface area contributed by atoms with Crippen molar-refractivity contribution in [3.05, 3.63) is 58.9 Å². The summed E-state index contributed by atoms with van der Waals surface area (Å²) in [5, 5.41) is 9.45. The Hall–Kier alpha value is -2.05. The SMILES string of the molecule is CCN(Cc1ccccn1)c1ccc(C#N)cc1Cl. The topological polar surface area (TPSA) is 39.9 Å². The quantitative estimate of drug-likeness (QED) is 0.852. The van der Waals surface area contributed by atoms with Crippen LogP contribution in [0.4, 0.5) is 5.69 Å². The van der Waals surface area contributed by atoms with E-state index in [1.54, 1.807) is 18.3 Å². The molecule has 0 aliphatic carbocycles. The van der Waals surface area contributed by atoms with Crippen LogP contribution in [0.15, 0.2) is 42.6 Å². The van der Waals surface area contributed by atoms with Crippen LogP contribution in [-0.2, 0) is 6.54 Å². The van der Waals surface area contributed by atoms with Gasteiger partial charge in [-0.2, -0.15) is 5.26 Å². The van der Waals surface area contributed by atoms with Gasteiger partial charge in [0.25, 0.3) is 0 Å². The molecule has 1 aromatic heterocycles. The standard InChI is InChI=1S/C15H14ClN3/c1-2-19(11-13-5-3-4-8-18-13)15-7-6-12(10-17)9-14(15)16/h3-9H,2,11H2,1H3. The maximum absolute atomic E-state index is 8.85. The number of hydrogen-bond donors (Lipinski definition) is 0. The smallest absolute Gasteiger partial charge is 0.0992 e. The molecule has 0 aliphatic heterocycles. The normalized spacial score (nSPS) is 9.95. The van der Waals surface area contributed by atoms with Crippen molar-refractivity contribution in [2.45, 2.75) is 13.5 Å². The number of nitrogens with zero attached hydrogens (tertiary/aromatic N) is 3. The molecule has 0 spiro atoms. The summed E-state index contributed by atoms with van der Waals surface area (Å²) in [5.41, 5.74) is 2.49. The number of pyridine rings is 1. The average molecular weight is 272 g/mol. The summed E-state index contributed by atoms with van der Waals surface area (Å²) in [4.78, 5) is 6.45. The number of halogens is 1. The Balaban J connectivity index is 2.25. The van der Waals surface area contributed by atoms with Crippen molar-refractivity contribution in [1.82, 2.24) is 4.98 Å². The molecule has 2 rings (SSSR count). The summed E-state index contributed by atoms with van der Waals surface area (Å²) in [6, 6.07) is 13.3. The maximum atomic E-state index is 8.85. The maximum Gasteiger partial charge on any atom is 0.0992 e. The van der Waals surface area contributed by atoms with Crippen molar-refractivity contribution in [3.63, 3.8) is 0 Å². The fourth-order valence-corrected chi connectivity index (χ4v) is 2.19. The molecule has 4 heteroatoms. The zero-order valence-corrected chi connectivity index (χ0v) is 11.4. The number of aromatic nitrogens is 1. The second kappa shape index (κ2) is 6.21. The van der Waals surface area contributed by atoms with Gasteiger partial charge in [-0.05, 0) is 37.3 Å². The highest BCUT2D eigenvalue weighted by atomic mass is 35.5. The molecule has 0 atom stereocenters. The number of benzene rings is 1. The zero-order chi connectivity index (χ0) is 13.7. The first-order chi connectivity index (χ1) is 9.24. The summed E-state index contributed by atoms with van der Waals surface area (Å²) in [6.45, 7) is 3.59. The summed E-state index contributed by atoms with van der Waals surface area (Å²) < 4.78 is 0. The van der Waals surface area contributed by atoms with E-state index in [1.807, 2.05) is 24.3 Å². The number of nitriles is 1. The van der Waals surface area contributed by atoms with Crippen LogP contribution in [0.5, 0.6) is 0 Å². The minimum atomic E-state index is 0.572. The Morgan fingerprint density at radius 2 is 2.16 bits per heavy atom. The lowest BCUT2D eigenvalue weighted by Crippen LogP contribution is -2.22. The molecule has 0 radical (unpaired) electrons. The van der Waals surface area contributed by atoms with E-state index in [0.717, 1.165) is 17.9 Å². The first-order valence-corrected chi connectivity index (χ1v) is 6.47. The minimum Gasteiger partial charge on any atom is -0.365 e. The highest BCUT2D eigenvalue weighted by molar-refractivity contribution is 6.33. The lowest BCUT2D eigenvalue weighted by atomic mass is 10.2. The van der Waals surface area contributed by atoms with Crippen LogP contribution in [-0.4, -0.2) is 11.5 Å². The average Bonchev–Trinajstić information content (AvgIpc) is 2.46. The van der Waals surface area contributed by atoms with Crippen LogP contribution in [0.2, 0.25) is 5.02 Å². The molecule has 0 aliphatic rings. The van der Waals surface area contributed by atoms with Gasteiger partial charge in [-0.3, -0.25) is 4.98 Å². The fourth-order valence-electron chi connectivity index (χ4n) is 1.89. The van der Waals surface area contributed by atoms with E-state index in [9.17, 15) is 0 Å². The Bertz CT molecular complexity index is 590. The van der Waals surface area contributed by atoms with Crippen molar-refractivity contribution >= 4 is 17.3 Å². The predicted octanol–water partition coefficient (Wildman–Crippen LogP) is 3.63. The van der Waals surface area contributed by atoms with Crippen LogP contribution in [0, 0.1) is 11.3 Å². The van der Waals surface area contributed by atoms with Crippen molar-refractivity contribution in [2.75, 3.05) is 11.4 Å². The van der Waals surface area contributed by atoms with E-state index in [-0.39, 0.29) is 0 Å². The molecule has 3 nitrogen and oxygen atoms in total. The van der Waals surface area contributed by atoms with Crippen LogP contribution >= 0.6 is 11.6 Å². The molecular weight excluding hydrogens is 258 g/mol. The molecule has 0 N–H and O–H groups in total. The Labute approximate surface area is 118 Å². The van der Waals surface area contributed by atoms with Gasteiger partial charge in [0, 0.05) is 12.7 Å². The van der Waals surface area contributed by atoms with E-state index >= 15 is 0 Å². The first kappa shape index (κ1) is 13.4. The van der Waals surface area contributed by atoms with Gasteiger partial charge in [-0.15, -0.1) is 0 Å². The molecule has 1 aromatic carbocycles. The predicted molar refractivity (Wildman–Crippen MR) is 77.1 cm³/mol. The lowest BCUT2D eigenvalue weighted by Gasteiger charge is -2.23. The van der Waals surface area contributed by atoms with Gasteiger partial charge >= 0.3 is 0 Å². The summed E-state index contributed by atoms with van der Waals surface area (Å²) in [7, 11) is 0. The van der Waals surface area contributed by atoms with Gasteiger partial charge in [0.2, 0.25) is 0 Å². The van der Waals surface area contributed by atoms with Gasteiger partial charge in [0.05, 0.1) is 34.6 Å². The molecule has 0 saturated heterocycles. The largest absolute Gasteiger partial charge is 0.365 e. The molecule has 0 amide bonds. The van der Waals surface area contributed by atoms with Crippen molar-refractivity contribution in [1.29, 1.82) is 5.26 Å². The van der Waals surface area contributed by atoms with E-state index in [2.05, 4.69) is 22.9 Å². The number of hydrogen-bond acceptors (Lipinski definition) is 3. The molecule has 0 bridgehead atoms. The second-order valence-corrected chi connectivity index (χ2v) is 4.52. The molecule has 1 heterocycles. The molecule has 0 unspecified atom stereocenters. The van der Waals surface area contributed by atoms with Crippen LogP contribution in [0.3, 0.4) is 0 Å². The number of rotatable bonds is 4. The van der Waals surface area contributed by atoms with Crippen LogP contribution < -0.4 is 4.90 Å². The zero-order valence-electron chi connectivity index (χ0n) is 10.7. The van der Waals surface area contributed by atoms with E-state index < -0.39 is 0 Å². The van der Waals surface area contributed by atoms with Crippen molar-refractivity contribution < 1.29 is 0 Å².